The van der Waals surface area contributed by atoms with E-state index in [4.69, 9.17) is 21.3 Å². The van der Waals surface area contributed by atoms with Crippen LogP contribution in [0.5, 0.6) is 5.75 Å². The van der Waals surface area contributed by atoms with Crippen LogP contribution in [0.15, 0.2) is 48.7 Å². The Bertz CT molecular complexity index is 1550. The average molecular weight is 690 g/mol. The number of carbonyl (C=O) groups is 2. The highest BCUT2D eigenvalue weighted by Gasteiger charge is 2.32. The molecule has 0 radical (unpaired) electrons. The molecule has 4 N–H and O–H groups in total. The lowest BCUT2D eigenvalue weighted by Gasteiger charge is -2.38. The number of nitrogens with one attached hydrogen (secondary N) is 4. The molecule has 49 heavy (non-hydrogen) atoms. The molecular weight excluding hydrogens is 638 g/mol. The third kappa shape index (κ3) is 10.5. The normalized spacial score (nSPS) is 18.3. The summed E-state index contributed by atoms with van der Waals surface area (Å²) in [5.41, 5.74) is 4.38. The maximum Gasteiger partial charge on any atom is 0.229 e. The number of hydrogen-bond donors (Lipinski definition) is 4. The molecule has 11 heteroatoms. The van der Waals surface area contributed by atoms with Crippen molar-refractivity contribution in [2.45, 2.75) is 84.8 Å². The van der Waals surface area contributed by atoms with Gasteiger partial charge in [0.2, 0.25) is 17.8 Å². The summed E-state index contributed by atoms with van der Waals surface area (Å²) in [7, 11) is 0. The van der Waals surface area contributed by atoms with Crippen molar-refractivity contribution >= 4 is 40.9 Å². The summed E-state index contributed by atoms with van der Waals surface area (Å²) in [6.45, 7) is 12.6. The number of aryl methyl sites for hydroxylation is 1. The van der Waals surface area contributed by atoms with Crippen LogP contribution in [0.3, 0.4) is 0 Å². The lowest BCUT2D eigenvalue weighted by molar-refractivity contribution is -0.122. The van der Waals surface area contributed by atoms with Gasteiger partial charge in [-0.2, -0.15) is 4.98 Å². The quantitative estimate of drug-likeness (QED) is 0.151. The van der Waals surface area contributed by atoms with Crippen molar-refractivity contribution in [3.8, 4) is 5.75 Å². The van der Waals surface area contributed by atoms with E-state index >= 15 is 0 Å². The van der Waals surface area contributed by atoms with E-state index in [1.165, 1.54) is 11.1 Å². The highest BCUT2D eigenvalue weighted by molar-refractivity contribution is 6.32. The number of amides is 2. The maximum atomic E-state index is 13.1. The average Bonchev–Trinajstić information content (AvgIpc) is 3.09. The monoisotopic (exact) mass is 689 g/mol. The van der Waals surface area contributed by atoms with Gasteiger partial charge in [0, 0.05) is 39.0 Å². The van der Waals surface area contributed by atoms with Crippen molar-refractivity contribution in [2.24, 2.45) is 11.8 Å². The van der Waals surface area contributed by atoms with Crippen molar-refractivity contribution in [3.05, 3.63) is 70.4 Å². The van der Waals surface area contributed by atoms with E-state index in [1.54, 1.807) is 6.20 Å². The molecule has 2 aromatic carbocycles. The Morgan fingerprint density at radius 1 is 1.04 bits per heavy atom. The van der Waals surface area contributed by atoms with E-state index in [-0.39, 0.29) is 29.8 Å². The van der Waals surface area contributed by atoms with Crippen LogP contribution >= 0.6 is 11.6 Å². The van der Waals surface area contributed by atoms with E-state index in [9.17, 15) is 9.59 Å². The predicted molar refractivity (Wildman–Crippen MR) is 197 cm³/mol. The van der Waals surface area contributed by atoms with Crippen LogP contribution in [0.4, 0.5) is 17.5 Å². The molecule has 5 rings (SSSR count). The number of nitrogens with zero attached hydrogens (tertiary/aromatic N) is 3. The molecule has 2 aliphatic rings. The Balaban J connectivity index is 1.35. The molecule has 0 spiro atoms. The minimum absolute atomic E-state index is 0.00698. The first-order chi connectivity index (χ1) is 23.7. The molecule has 0 bridgehead atoms. The largest absolute Gasteiger partial charge is 0.489 e. The summed E-state index contributed by atoms with van der Waals surface area (Å²) in [5, 5.41) is 13.4. The number of halogens is 1. The van der Waals surface area contributed by atoms with Gasteiger partial charge < -0.3 is 30.9 Å². The molecule has 2 saturated heterocycles. The van der Waals surface area contributed by atoms with Crippen LogP contribution in [0.2, 0.25) is 5.02 Å². The summed E-state index contributed by atoms with van der Waals surface area (Å²) in [4.78, 5) is 37.5. The first-order valence-electron chi connectivity index (χ1n) is 17.8. The lowest BCUT2D eigenvalue weighted by atomic mass is 9.85. The van der Waals surface area contributed by atoms with Gasteiger partial charge in [0.15, 0.2) is 5.82 Å². The molecule has 1 aromatic heterocycles. The van der Waals surface area contributed by atoms with Gasteiger partial charge in [0.1, 0.15) is 10.8 Å². The van der Waals surface area contributed by atoms with Crippen LogP contribution < -0.4 is 30.9 Å². The van der Waals surface area contributed by atoms with E-state index in [0.29, 0.717) is 61.7 Å². The van der Waals surface area contributed by atoms with Gasteiger partial charge >= 0.3 is 0 Å². The molecule has 0 aliphatic carbocycles. The Kier molecular flexibility index (Phi) is 13.1. The maximum absolute atomic E-state index is 13.1. The van der Waals surface area contributed by atoms with E-state index in [2.05, 4.69) is 50.2 Å². The SMILES string of the molecule is CCCNC(=O)C[C@H]1C[C@@H](CC(=O)NCc2ccccc2)CN(c2nc(Nc3cc(C)c(C4CCNCC4)cc3OC(C)C)ncc2Cl)C1. The molecule has 3 aromatic rings. The zero-order chi connectivity index (χ0) is 34.8. The van der Waals surface area contributed by atoms with Crippen molar-refractivity contribution in [1.82, 2.24) is 25.9 Å². The van der Waals surface area contributed by atoms with Crippen LogP contribution in [-0.4, -0.2) is 60.6 Å². The lowest BCUT2D eigenvalue weighted by Crippen LogP contribution is -2.44. The van der Waals surface area contributed by atoms with Gasteiger partial charge in [-0.3, -0.25) is 9.59 Å². The first-order valence-corrected chi connectivity index (χ1v) is 18.2. The predicted octanol–water partition coefficient (Wildman–Crippen LogP) is 6.50. The number of ether oxygens (including phenoxy) is 1. The van der Waals surface area contributed by atoms with Crippen LogP contribution in [-0.2, 0) is 16.1 Å². The summed E-state index contributed by atoms with van der Waals surface area (Å²) in [5.74, 6) is 2.33. The van der Waals surface area contributed by atoms with E-state index in [1.807, 2.05) is 51.1 Å². The van der Waals surface area contributed by atoms with Crippen molar-refractivity contribution < 1.29 is 14.3 Å². The first kappa shape index (κ1) is 36.4. The molecule has 264 valence electrons. The summed E-state index contributed by atoms with van der Waals surface area (Å²) < 4.78 is 6.31. The third-order valence-corrected chi connectivity index (χ3v) is 9.52. The molecule has 2 atom stereocenters. The second-order valence-electron chi connectivity index (χ2n) is 13.8. The minimum atomic E-state index is -0.0120. The Morgan fingerprint density at radius 3 is 2.41 bits per heavy atom. The summed E-state index contributed by atoms with van der Waals surface area (Å²) >= 11 is 6.77. The molecule has 2 aliphatic heterocycles. The Morgan fingerprint density at radius 2 is 1.73 bits per heavy atom. The molecule has 0 unspecified atom stereocenters. The summed E-state index contributed by atoms with van der Waals surface area (Å²) in [6.07, 6.45) is 6.19. The van der Waals surface area contributed by atoms with Crippen molar-refractivity contribution in [3.63, 3.8) is 0 Å². The highest BCUT2D eigenvalue weighted by atomic mass is 35.5. The molecule has 2 fully saturated rings. The van der Waals surface area contributed by atoms with Crippen molar-refractivity contribution in [2.75, 3.05) is 42.9 Å². The standard InChI is InChI=1S/C38H52ClN7O3/c1-5-13-41-35(47)18-28-17-29(19-36(48)42-21-27-9-7-6-8-10-27)24-46(23-28)37-32(39)22-43-38(45-37)44-33-16-26(4)31(20-34(33)49-25(2)3)30-11-14-40-15-12-30/h6-10,16,20,22,25,28-30,40H,5,11-15,17-19,21,23-24H2,1-4H3,(H,41,47)(H,42,48)(H,43,44,45)/t28-,29+/m1/s1. The number of hydrogen-bond acceptors (Lipinski definition) is 8. The van der Waals surface area contributed by atoms with Crippen molar-refractivity contribution in [1.29, 1.82) is 0 Å². The molecule has 10 nitrogen and oxygen atoms in total. The highest BCUT2D eigenvalue weighted by Crippen LogP contribution is 2.38. The second kappa shape index (κ2) is 17.7. The molecular formula is C38H52ClN7O3. The molecule has 3 heterocycles. The number of piperidine rings is 2. The third-order valence-electron chi connectivity index (χ3n) is 9.26. The van der Waals surface area contributed by atoms with Crippen LogP contribution in [0, 0.1) is 18.8 Å². The fraction of sp³-hybridized carbons (Fsp3) is 0.526. The Labute approximate surface area is 296 Å². The van der Waals surface area contributed by atoms with Crippen LogP contribution in [0.25, 0.3) is 0 Å². The van der Waals surface area contributed by atoms with Gasteiger partial charge in [-0.25, -0.2) is 4.98 Å². The summed E-state index contributed by atoms with van der Waals surface area (Å²) in [6, 6.07) is 14.2. The van der Waals surface area contributed by atoms with Gasteiger partial charge in [-0.1, -0.05) is 48.9 Å². The number of carbonyl (C=O) groups excluding carboxylic acids is 2. The second-order valence-corrected chi connectivity index (χ2v) is 14.2. The van der Waals surface area contributed by atoms with Gasteiger partial charge in [0.05, 0.1) is 18.0 Å². The van der Waals surface area contributed by atoms with Gasteiger partial charge in [-0.05, 0) is 106 Å². The van der Waals surface area contributed by atoms with E-state index < -0.39 is 0 Å². The van der Waals surface area contributed by atoms with E-state index in [0.717, 1.165) is 55.8 Å². The Hall–Kier alpha value is -3.89. The number of rotatable bonds is 14. The topological polar surface area (TPSA) is 121 Å². The fourth-order valence-electron chi connectivity index (χ4n) is 7.00. The zero-order valence-corrected chi connectivity index (χ0v) is 30.1. The molecule has 0 saturated carbocycles. The zero-order valence-electron chi connectivity index (χ0n) is 29.4. The minimum Gasteiger partial charge on any atom is -0.489 e. The van der Waals surface area contributed by atoms with Gasteiger partial charge in [-0.15, -0.1) is 0 Å². The smallest absolute Gasteiger partial charge is 0.229 e. The number of anilines is 3. The van der Waals surface area contributed by atoms with Gasteiger partial charge in [0.25, 0.3) is 0 Å². The number of aromatic nitrogens is 2. The molecule has 2 amide bonds. The number of benzene rings is 2. The van der Waals surface area contributed by atoms with Crippen LogP contribution in [0.1, 0.15) is 81.9 Å². The fourth-order valence-corrected chi connectivity index (χ4v) is 7.21.